The van der Waals surface area contributed by atoms with E-state index in [0.29, 0.717) is 23.5 Å². The number of amides is 1. The topological polar surface area (TPSA) is 66.6 Å². The summed E-state index contributed by atoms with van der Waals surface area (Å²) in [6.07, 6.45) is 3.67. The molecule has 2 aromatic rings. The SMILES string of the molecule is Cc1cc(N2CC(CN(C)C(=O)C3CC3)C2)n2ncnc2n1. The first kappa shape index (κ1) is 13.5. The molecular formula is C15H20N6O. The standard InChI is InChI=1S/C15H20N6O/c1-10-5-13(21-15(18-10)16-9-17-21)20-7-11(8-20)6-19(2)14(22)12-3-4-12/h5,9,11-12H,3-4,6-8H2,1-2H3. The summed E-state index contributed by atoms with van der Waals surface area (Å²) in [5.41, 5.74) is 0.944. The van der Waals surface area contributed by atoms with Crippen molar-refractivity contribution in [2.75, 3.05) is 31.6 Å². The second-order valence-corrected chi connectivity index (χ2v) is 6.49. The van der Waals surface area contributed by atoms with Crippen LogP contribution in [-0.4, -0.2) is 57.1 Å². The van der Waals surface area contributed by atoms with Crippen LogP contribution in [0.15, 0.2) is 12.4 Å². The van der Waals surface area contributed by atoms with Crippen molar-refractivity contribution >= 4 is 17.5 Å². The number of anilines is 1. The number of carbonyl (C=O) groups is 1. The lowest BCUT2D eigenvalue weighted by molar-refractivity contribution is -0.131. The summed E-state index contributed by atoms with van der Waals surface area (Å²) in [6.45, 7) is 4.70. The lowest BCUT2D eigenvalue weighted by atomic mass is 9.99. The molecule has 0 atom stereocenters. The maximum absolute atomic E-state index is 12.0. The Morgan fingerprint density at radius 1 is 1.41 bits per heavy atom. The fourth-order valence-electron chi connectivity index (χ4n) is 3.13. The molecule has 0 unspecified atom stereocenters. The molecule has 0 spiro atoms. The largest absolute Gasteiger partial charge is 0.356 e. The van der Waals surface area contributed by atoms with Crippen LogP contribution in [0.5, 0.6) is 0 Å². The van der Waals surface area contributed by atoms with Gasteiger partial charge < -0.3 is 9.80 Å². The third kappa shape index (κ3) is 2.30. The number of aryl methyl sites for hydroxylation is 1. The van der Waals surface area contributed by atoms with Crippen LogP contribution in [0.25, 0.3) is 5.78 Å². The van der Waals surface area contributed by atoms with Crippen LogP contribution in [0.3, 0.4) is 0 Å². The monoisotopic (exact) mass is 300 g/mol. The van der Waals surface area contributed by atoms with E-state index in [-0.39, 0.29) is 0 Å². The molecule has 2 aliphatic rings. The Labute approximate surface area is 128 Å². The first-order valence-corrected chi connectivity index (χ1v) is 7.79. The Kier molecular flexibility index (Phi) is 3.02. The molecule has 7 nitrogen and oxygen atoms in total. The summed E-state index contributed by atoms with van der Waals surface area (Å²) < 4.78 is 1.78. The minimum atomic E-state index is 0.304. The predicted molar refractivity (Wildman–Crippen MR) is 81.6 cm³/mol. The lowest BCUT2D eigenvalue weighted by Gasteiger charge is -2.42. The molecule has 1 saturated heterocycles. The second kappa shape index (κ2) is 4.93. The Bertz CT molecular complexity index is 716. The van der Waals surface area contributed by atoms with Crippen molar-refractivity contribution < 1.29 is 4.79 Å². The minimum absolute atomic E-state index is 0.304. The van der Waals surface area contributed by atoms with E-state index in [1.807, 2.05) is 24.9 Å². The van der Waals surface area contributed by atoms with Gasteiger partial charge >= 0.3 is 0 Å². The van der Waals surface area contributed by atoms with Crippen LogP contribution in [-0.2, 0) is 4.79 Å². The Hall–Kier alpha value is -2.18. The molecule has 1 saturated carbocycles. The van der Waals surface area contributed by atoms with Gasteiger partial charge in [-0.3, -0.25) is 4.79 Å². The van der Waals surface area contributed by atoms with Crippen molar-refractivity contribution in [3.63, 3.8) is 0 Å². The number of nitrogens with zero attached hydrogens (tertiary/aromatic N) is 6. The Morgan fingerprint density at radius 3 is 2.91 bits per heavy atom. The Morgan fingerprint density at radius 2 is 2.18 bits per heavy atom. The molecule has 22 heavy (non-hydrogen) atoms. The molecular weight excluding hydrogens is 280 g/mol. The van der Waals surface area contributed by atoms with Gasteiger partial charge in [-0.05, 0) is 19.8 Å². The number of fused-ring (bicyclic) bond motifs is 1. The van der Waals surface area contributed by atoms with E-state index in [9.17, 15) is 4.79 Å². The average Bonchev–Trinajstić information content (AvgIpc) is 3.19. The van der Waals surface area contributed by atoms with Crippen molar-refractivity contribution in [2.24, 2.45) is 11.8 Å². The molecule has 0 radical (unpaired) electrons. The fourth-order valence-corrected chi connectivity index (χ4v) is 3.13. The zero-order chi connectivity index (χ0) is 15.3. The Balaban J connectivity index is 1.42. The van der Waals surface area contributed by atoms with Crippen LogP contribution in [0.2, 0.25) is 0 Å². The molecule has 1 aliphatic heterocycles. The molecule has 2 fully saturated rings. The van der Waals surface area contributed by atoms with E-state index < -0.39 is 0 Å². The highest BCUT2D eigenvalue weighted by molar-refractivity contribution is 5.80. The van der Waals surface area contributed by atoms with Gasteiger partial charge in [0.2, 0.25) is 5.91 Å². The van der Waals surface area contributed by atoms with Crippen LogP contribution >= 0.6 is 0 Å². The van der Waals surface area contributed by atoms with E-state index in [4.69, 9.17) is 0 Å². The van der Waals surface area contributed by atoms with Crippen molar-refractivity contribution in [3.05, 3.63) is 18.1 Å². The molecule has 7 heteroatoms. The van der Waals surface area contributed by atoms with Gasteiger partial charge in [0.1, 0.15) is 12.1 Å². The zero-order valence-electron chi connectivity index (χ0n) is 12.9. The maximum atomic E-state index is 12.0. The van der Waals surface area contributed by atoms with Gasteiger partial charge in [0.05, 0.1) is 0 Å². The van der Waals surface area contributed by atoms with E-state index in [1.54, 1.807) is 4.52 Å². The number of aromatic nitrogens is 4. The molecule has 0 N–H and O–H groups in total. The van der Waals surface area contributed by atoms with Crippen molar-refractivity contribution in [3.8, 4) is 0 Å². The first-order valence-electron chi connectivity index (χ1n) is 7.79. The van der Waals surface area contributed by atoms with Crippen molar-refractivity contribution in [2.45, 2.75) is 19.8 Å². The highest BCUT2D eigenvalue weighted by atomic mass is 16.2. The summed E-state index contributed by atoms with van der Waals surface area (Å²) in [6, 6.07) is 2.04. The van der Waals surface area contributed by atoms with Gasteiger partial charge in [-0.25, -0.2) is 4.98 Å². The third-order valence-corrected chi connectivity index (χ3v) is 4.48. The molecule has 1 amide bonds. The summed E-state index contributed by atoms with van der Waals surface area (Å²) in [5, 5.41) is 4.25. The normalized spacial score (nSPS) is 18.5. The quantitative estimate of drug-likeness (QED) is 0.833. The number of hydrogen-bond acceptors (Lipinski definition) is 5. The zero-order valence-corrected chi connectivity index (χ0v) is 12.9. The van der Waals surface area contributed by atoms with Crippen LogP contribution < -0.4 is 4.90 Å². The molecule has 3 heterocycles. The third-order valence-electron chi connectivity index (χ3n) is 4.48. The first-order chi connectivity index (χ1) is 10.6. The molecule has 0 bridgehead atoms. The van der Waals surface area contributed by atoms with Crippen LogP contribution in [0.1, 0.15) is 18.5 Å². The second-order valence-electron chi connectivity index (χ2n) is 6.49. The highest BCUT2D eigenvalue weighted by Crippen LogP contribution is 2.31. The molecule has 116 valence electrons. The van der Waals surface area contributed by atoms with Crippen molar-refractivity contribution in [1.29, 1.82) is 0 Å². The van der Waals surface area contributed by atoms with E-state index in [2.05, 4.69) is 20.0 Å². The molecule has 4 rings (SSSR count). The van der Waals surface area contributed by atoms with Crippen LogP contribution in [0.4, 0.5) is 5.82 Å². The van der Waals surface area contributed by atoms with Gasteiger partial charge in [-0.2, -0.15) is 14.6 Å². The van der Waals surface area contributed by atoms with Gasteiger partial charge in [-0.1, -0.05) is 0 Å². The number of rotatable bonds is 4. The van der Waals surface area contributed by atoms with Gasteiger partial charge in [0.15, 0.2) is 0 Å². The summed E-state index contributed by atoms with van der Waals surface area (Å²) in [4.78, 5) is 24.7. The fraction of sp³-hybridized carbons (Fsp3) is 0.600. The van der Waals surface area contributed by atoms with Crippen LogP contribution in [0, 0.1) is 18.8 Å². The van der Waals surface area contributed by atoms with Gasteiger partial charge in [0.25, 0.3) is 5.78 Å². The lowest BCUT2D eigenvalue weighted by Crippen LogP contribution is -2.52. The van der Waals surface area contributed by atoms with E-state index in [0.717, 1.165) is 44.0 Å². The summed E-state index contributed by atoms with van der Waals surface area (Å²) in [5.74, 6) is 2.82. The predicted octanol–water partition coefficient (Wildman–Crippen LogP) is 0.737. The molecule has 0 aromatic carbocycles. The number of hydrogen-bond donors (Lipinski definition) is 0. The van der Waals surface area contributed by atoms with E-state index >= 15 is 0 Å². The highest BCUT2D eigenvalue weighted by Gasteiger charge is 2.35. The molecule has 1 aliphatic carbocycles. The number of carbonyl (C=O) groups excluding carboxylic acids is 1. The molecule has 2 aromatic heterocycles. The van der Waals surface area contributed by atoms with Gasteiger partial charge in [0, 0.05) is 50.3 Å². The summed E-state index contributed by atoms with van der Waals surface area (Å²) >= 11 is 0. The average molecular weight is 300 g/mol. The van der Waals surface area contributed by atoms with Gasteiger partial charge in [-0.15, -0.1) is 0 Å². The van der Waals surface area contributed by atoms with Crippen molar-refractivity contribution in [1.82, 2.24) is 24.5 Å². The smallest absolute Gasteiger partial charge is 0.254 e. The van der Waals surface area contributed by atoms with E-state index in [1.165, 1.54) is 6.33 Å². The summed E-state index contributed by atoms with van der Waals surface area (Å²) in [7, 11) is 1.93. The maximum Gasteiger partial charge on any atom is 0.254 e. The minimum Gasteiger partial charge on any atom is -0.356 e.